The van der Waals surface area contributed by atoms with Crippen molar-refractivity contribution in [2.24, 2.45) is 5.73 Å². The molecule has 0 atom stereocenters. The van der Waals surface area contributed by atoms with Crippen LogP contribution in [0.2, 0.25) is 0 Å². The number of aromatic nitrogens is 2. The van der Waals surface area contributed by atoms with E-state index in [1.165, 1.54) is 5.69 Å². The lowest BCUT2D eigenvalue weighted by Gasteiger charge is -2.27. The van der Waals surface area contributed by atoms with Gasteiger partial charge < -0.3 is 10.3 Å². The standard InChI is InChI=1S/C10H18N4/c1-3-13-4-5-14-8(2)12-9(6-11)10(14)7-13/h3-7,11H2,1-2H3. The molecule has 4 heteroatoms. The topological polar surface area (TPSA) is 47.1 Å². The van der Waals surface area contributed by atoms with E-state index in [1.54, 1.807) is 0 Å². The maximum Gasteiger partial charge on any atom is 0.106 e. The van der Waals surface area contributed by atoms with Crippen LogP contribution in [0.3, 0.4) is 0 Å². The Morgan fingerprint density at radius 3 is 2.86 bits per heavy atom. The first-order chi connectivity index (χ1) is 6.76. The average Bonchev–Trinajstić information content (AvgIpc) is 2.55. The summed E-state index contributed by atoms with van der Waals surface area (Å²) in [5.41, 5.74) is 8.07. The number of fused-ring (bicyclic) bond motifs is 1. The van der Waals surface area contributed by atoms with Crippen molar-refractivity contribution in [3.63, 3.8) is 0 Å². The van der Waals surface area contributed by atoms with Gasteiger partial charge in [-0.25, -0.2) is 4.98 Å². The fourth-order valence-electron chi connectivity index (χ4n) is 2.11. The zero-order valence-corrected chi connectivity index (χ0v) is 8.95. The third kappa shape index (κ3) is 1.44. The van der Waals surface area contributed by atoms with Crippen LogP contribution in [0.15, 0.2) is 0 Å². The molecule has 2 rings (SSSR count). The summed E-state index contributed by atoms with van der Waals surface area (Å²) in [5.74, 6) is 1.11. The van der Waals surface area contributed by atoms with Crippen LogP contribution in [0.1, 0.15) is 24.1 Å². The van der Waals surface area contributed by atoms with Gasteiger partial charge in [-0.1, -0.05) is 6.92 Å². The summed E-state index contributed by atoms with van der Waals surface area (Å²) in [6.07, 6.45) is 0. The van der Waals surface area contributed by atoms with E-state index in [2.05, 4.69) is 28.3 Å². The van der Waals surface area contributed by atoms with E-state index in [0.29, 0.717) is 6.54 Å². The van der Waals surface area contributed by atoms with E-state index in [4.69, 9.17) is 5.73 Å². The van der Waals surface area contributed by atoms with E-state index in [0.717, 1.165) is 37.7 Å². The van der Waals surface area contributed by atoms with Crippen molar-refractivity contribution in [1.29, 1.82) is 0 Å². The molecule has 0 radical (unpaired) electrons. The molecule has 0 saturated carbocycles. The van der Waals surface area contributed by atoms with E-state index in [1.807, 2.05) is 0 Å². The molecule has 1 aromatic heterocycles. The van der Waals surface area contributed by atoms with Crippen LogP contribution >= 0.6 is 0 Å². The van der Waals surface area contributed by atoms with Gasteiger partial charge in [0.25, 0.3) is 0 Å². The first kappa shape index (κ1) is 9.68. The Hall–Kier alpha value is -0.870. The number of hydrogen-bond donors (Lipinski definition) is 1. The predicted octanol–water partition coefficient (Wildman–Crippen LogP) is 0.486. The summed E-state index contributed by atoms with van der Waals surface area (Å²) in [6, 6.07) is 0. The second-order valence-corrected chi connectivity index (χ2v) is 3.78. The number of imidazole rings is 1. The van der Waals surface area contributed by atoms with E-state index in [-0.39, 0.29) is 0 Å². The first-order valence-corrected chi connectivity index (χ1v) is 5.23. The Balaban J connectivity index is 2.34. The number of nitrogens with zero attached hydrogens (tertiary/aromatic N) is 3. The van der Waals surface area contributed by atoms with Crippen LogP contribution in [-0.4, -0.2) is 27.5 Å². The number of rotatable bonds is 2. The summed E-state index contributed by atoms with van der Waals surface area (Å²) < 4.78 is 2.30. The molecule has 2 heterocycles. The van der Waals surface area contributed by atoms with Gasteiger partial charge in [-0.15, -0.1) is 0 Å². The summed E-state index contributed by atoms with van der Waals surface area (Å²) in [7, 11) is 0. The molecule has 4 nitrogen and oxygen atoms in total. The smallest absolute Gasteiger partial charge is 0.106 e. The number of likely N-dealkylation sites (N-methyl/N-ethyl adjacent to an activating group) is 1. The maximum absolute atomic E-state index is 5.68. The summed E-state index contributed by atoms with van der Waals surface area (Å²) >= 11 is 0. The molecule has 0 amide bonds. The SMILES string of the molecule is CCN1CCn2c(C)nc(CN)c2C1. The molecule has 0 aromatic carbocycles. The first-order valence-electron chi connectivity index (χ1n) is 5.23. The molecule has 0 saturated heterocycles. The van der Waals surface area contributed by atoms with Gasteiger partial charge in [0.2, 0.25) is 0 Å². The van der Waals surface area contributed by atoms with Gasteiger partial charge in [-0.05, 0) is 13.5 Å². The van der Waals surface area contributed by atoms with Crippen molar-refractivity contribution >= 4 is 0 Å². The van der Waals surface area contributed by atoms with Gasteiger partial charge in [0, 0.05) is 26.2 Å². The molecule has 1 aliphatic rings. The minimum atomic E-state index is 0.556. The second-order valence-electron chi connectivity index (χ2n) is 3.78. The minimum Gasteiger partial charge on any atom is -0.329 e. The van der Waals surface area contributed by atoms with Gasteiger partial charge >= 0.3 is 0 Å². The van der Waals surface area contributed by atoms with Gasteiger partial charge in [0.05, 0.1) is 11.4 Å². The van der Waals surface area contributed by atoms with Crippen molar-refractivity contribution in [2.45, 2.75) is 33.5 Å². The van der Waals surface area contributed by atoms with Crippen LogP contribution < -0.4 is 5.73 Å². The van der Waals surface area contributed by atoms with Crippen LogP contribution in [-0.2, 0) is 19.6 Å². The molecule has 0 spiro atoms. The Morgan fingerprint density at radius 1 is 1.43 bits per heavy atom. The average molecular weight is 194 g/mol. The predicted molar refractivity (Wildman–Crippen MR) is 55.8 cm³/mol. The molecule has 0 aliphatic carbocycles. The van der Waals surface area contributed by atoms with Crippen molar-refractivity contribution in [1.82, 2.24) is 14.5 Å². The summed E-state index contributed by atoms with van der Waals surface area (Å²) in [5, 5.41) is 0. The van der Waals surface area contributed by atoms with Crippen LogP contribution in [0.25, 0.3) is 0 Å². The largest absolute Gasteiger partial charge is 0.329 e. The molecular formula is C10H18N4. The molecule has 78 valence electrons. The van der Waals surface area contributed by atoms with E-state index >= 15 is 0 Å². The van der Waals surface area contributed by atoms with Gasteiger partial charge in [0.15, 0.2) is 0 Å². The lowest BCUT2D eigenvalue weighted by Crippen LogP contribution is -2.34. The van der Waals surface area contributed by atoms with E-state index in [9.17, 15) is 0 Å². The quantitative estimate of drug-likeness (QED) is 0.745. The highest BCUT2D eigenvalue weighted by molar-refractivity contribution is 5.18. The highest BCUT2D eigenvalue weighted by atomic mass is 15.2. The lowest BCUT2D eigenvalue weighted by molar-refractivity contribution is 0.230. The Morgan fingerprint density at radius 2 is 2.21 bits per heavy atom. The second kappa shape index (κ2) is 3.71. The van der Waals surface area contributed by atoms with Crippen molar-refractivity contribution < 1.29 is 0 Å². The fraction of sp³-hybridized carbons (Fsp3) is 0.700. The number of hydrogen-bond acceptors (Lipinski definition) is 3. The van der Waals surface area contributed by atoms with Gasteiger partial charge in [0.1, 0.15) is 5.82 Å². The van der Waals surface area contributed by atoms with Crippen molar-refractivity contribution in [2.75, 3.05) is 13.1 Å². The molecule has 14 heavy (non-hydrogen) atoms. The summed E-state index contributed by atoms with van der Waals surface area (Å²) in [4.78, 5) is 6.92. The Kier molecular flexibility index (Phi) is 2.56. The summed E-state index contributed by atoms with van der Waals surface area (Å²) in [6.45, 7) is 9.11. The van der Waals surface area contributed by atoms with Crippen LogP contribution in [0, 0.1) is 6.92 Å². The van der Waals surface area contributed by atoms with Gasteiger partial charge in [-0.3, -0.25) is 4.90 Å². The third-order valence-corrected chi connectivity index (χ3v) is 3.00. The molecule has 0 fully saturated rings. The van der Waals surface area contributed by atoms with Crippen LogP contribution in [0.5, 0.6) is 0 Å². The molecule has 2 N–H and O–H groups in total. The molecule has 1 aromatic rings. The van der Waals surface area contributed by atoms with Crippen LogP contribution in [0.4, 0.5) is 0 Å². The normalized spacial score (nSPS) is 17.1. The third-order valence-electron chi connectivity index (χ3n) is 3.00. The molecule has 0 bridgehead atoms. The number of nitrogens with two attached hydrogens (primary N) is 1. The van der Waals surface area contributed by atoms with Crippen molar-refractivity contribution in [3.8, 4) is 0 Å². The highest BCUT2D eigenvalue weighted by Gasteiger charge is 2.20. The zero-order valence-electron chi connectivity index (χ0n) is 8.95. The zero-order chi connectivity index (χ0) is 10.1. The minimum absolute atomic E-state index is 0.556. The van der Waals surface area contributed by atoms with Crippen molar-refractivity contribution in [3.05, 3.63) is 17.2 Å². The maximum atomic E-state index is 5.68. The molecule has 1 aliphatic heterocycles. The molecular weight excluding hydrogens is 176 g/mol. The van der Waals surface area contributed by atoms with Gasteiger partial charge in [-0.2, -0.15) is 0 Å². The Labute approximate surface area is 84.7 Å². The van der Waals surface area contributed by atoms with E-state index < -0.39 is 0 Å². The molecule has 0 unspecified atom stereocenters. The highest BCUT2D eigenvalue weighted by Crippen LogP contribution is 2.18. The number of aryl methyl sites for hydroxylation is 1. The Bertz CT molecular complexity index is 329. The monoisotopic (exact) mass is 194 g/mol. The fourth-order valence-corrected chi connectivity index (χ4v) is 2.11. The lowest BCUT2D eigenvalue weighted by atomic mass is 10.2.